The monoisotopic (exact) mass is 398 g/mol. The van der Waals surface area contributed by atoms with Crippen LogP contribution in [0, 0.1) is 0 Å². The highest BCUT2D eigenvalue weighted by atomic mass is 16.5. The van der Waals surface area contributed by atoms with Crippen molar-refractivity contribution in [3.05, 3.63) is 64.8 Å². The summed E-state index contributed by atoms with van der Waals surface area (Å²) in [5, 5.41) is 8.72. The second kappa shape index (κ2) is 13.4. The van der Waals surface area contributed by atoms with Gasteiger partial charge in [0.1, 0.15) is 6.61 Å². The highest BCUT2D eigenvalue weighted by molar-refractivity contribution is 5.85. The first-order chi connectivity index (χ1) is 13.8. The fraction of sp³-hybridized carbons (Fsp3) is 0.400. The summed E-state index contributed by atoms with van der Waals surface area (Å²) in [5.74, 6) is 0.236. The number of carbonyl (C=O) groups is 1. The highest BCUT2D eigenvalue weighted by Crippen LogP contribution is 2.28. The van der Waals surface area contributed by atoms with Crippen LogP contribution in [0.3, 0.4) is 0 Å². The van der Waals surface area contributed by atoms with Crippen molar-refractivity contribution in [2.24, 2.45) is 0 Å². The van der Waals surface area contributed by atoms with E-state index < -0.39 is 5.97 Å². The van der Waals surface area contributed by atoms with Gasteiger partial charge in [-0.3, -0.25) is 0 Å². The van der Waals surface area contributed by atoms with Gasteiger partial charge in [-0.1, -0.05) is 34.9 Å². The molecule has 1 aromatic rings. The van der Waals surface area contributed by atoms with Gasteiger partial charge in [0, 0.05) is 6.08 Å². The van der Waals surface area contributed by atoms with Crippen molar-refractivity contribution < 1.29 is 19.4 Å². The van der Waals surface area contributed by atoms with Gasteiger partial charge in [0.25, 0.3) is 0 Å². The molecular formula is C25H34O4. The number of aliphatic carboxylic acids is 1. The molecule has 0 amide bonds. The standard InChI is InChI=1S/C25H34O4/c1-19(2)8-6-9-20(3)10-7-11-21(4)16-17-29-23-14-12-22(13-15-25(26)27)18-24(23)28-5/h8,10,12-16,18H,6-7,9,11,17H2,1-5H3,(H,26,27)/b15-13?,20-10?,21-16+. The van der Waals surface area contributed by atoms with E-state index in [1.54, 1.807) is 25.3 Å². The second-order valence-corrected chi connectivity index (χ2v) is 7.35. The fourth-order valence-electron chi connectivity index (χ4n) is 2.69. The molecule has 0 bridgehead atoms. The predicted octanol–water partition coefficient (Wildman–Crippen LogP) is 6.59. The average molecular weight is 399 g/mol. The average Bonchev–Trinajstić information content (AvgIpc) is 2.66. The largest absolute Gasteiger partial charge is 0.493 e. The van der Waals surface area contributed by atoms with E-state index in [1.807, 2.05) is 0 Å². The summed E-state index contributed by atoms with van der Waals surface area (Å²) in [6.07, 6.45) is 13.6. The Bertz CT molecular complexity index is 778. The lowest BCUT2D eigenvalue weighted by atomic mass is 10.1. The lowest BCUT2D eigenvalue weighted by Gasteiger charge is -2.10. The van der Waals surface area contributed by atoms with Crippen LogP contribution in [0.15, 0.2) is 59.2 Å². The van der Waals surface area contributed by atoms with E-state index >= 15 is 0 Å². The second-order valence-electron chi connectivity index (χ2n) is 7.35. The molecule has 158 valence electrons. The molecule has 0 saturated heterocycles. The van der Waals surface area contributed by atoms with E-state index in [9.17, 15) is 4.79 Å². The van der Waals surface area contributed by atoms with E-state index in [-0.39, 0.29) is 0 Å². The smallest absolute Gasteiger partial charge is 0.328 e. The maximum atomic E-state index is 10.6. The first-order valence-electron chi connectivity index (χ1n) is 9.98. The molecule has 0 radical (unpaired) electrons. The Morgan fingerprint density at radius 2 is 1.62 bits per heavy atom. The minimum Gasteiger partial charge on any atom is -0.493 e. The van der Waals surface area contributed by atoms with E-state index in [1.165, 1.54) is 22.8 Å². The maximum Gasteiger partial charge on any atom is 0.328 e. The molecule has 0 spiro atoms. The molecule has 29 heavy (non-hydrogen) atoms. The van der Waals surface area contributed by atoms with Crippen molar-refractivity contribution >= 4 is 12.0 Å². The van der Waals surface area contributed by atoms with Crippen LogP contribution in [0.25, 0.3) is 6.08 Å². The first kappa shape index (κ1) is 24.3. The van der Waals surface area contributed by atoms with E-state index in [0.717, 1.165) is 37.3 Å². The van der Waals surface area contributed by atoms with Gasteiger partial charge >= 0.3 is 5.97 Å². The normalized spacial score (nSPS) is 12.2. The molecule has 0 heterocycles. The third-order valence-corrected chi connectivity index (χ3v) is 4.40. The van der Waals surface area contributed by atoms with Crippen LogP contribution < -0.4 is 9.47 Å². The summed E-state index contributed by atoms with van der Waals surface area (Å²) in [6.45, 7) is 9.05. The van der Waals surface area contributed by atoms with Gasteiger partial charge in [-0.25, -0.2) is 4.79 Å². The molecule has 1 N–H and O–H groups in total. The highest BCUT2D eigenvalue weighted by Gasteiger charge is 2.04. The molecule has 0 aliphatic rings. The van der Waals surface area contributed by atoms with Crippen LogP contribution in [0.2, 0.25) is 0 Å². The zero-order chi connectivity index (χ0) is 21.6. The predicted molar refractivity (Wildman–Crippen MR) is 121 cm³/mol. The zero-order valence-corrected chi connectivity index (χ0v) is 18.3. The van der Waals surface area contributed by atoms with Crippen molar-refractivity contribution in [3.63, 3.8) is 0 Å². The van der Waals surface area contributed by atoms with E-state index in [4.69, 9.17) is 14.6 Å². The first-order valence-corrected chi connectivity index (χ1v) is 9.98. The number of hydrogen-bond acceptors (Lipinski definition) is 3. The minimum absolute atomic E-state index is 0.468. The summed E-state index contributed by atoms with van der Waals surface area (Å²) >= 11 is 0. The Labute approximate surface area is 175 Å². The minimum atomic E-state index is -0.983. The fourth-order valence-corrected chi connectivity index (χ4v) is 2.69. The van der Waals surface area contributed by atoms with Gasteiger partial charge in [0.05, 0.1) is 7.11 Å². The summed E-state index contributed by atoms with van der Waals surface area (Å²) in [5.41, 5.74) is 4.85. The van der Waals surface area contributed by atoms with Crippen LogP contribution in [0.4, 0.5) is 0 Å². The van der Waals surface area contributed by atoms with Gasteiger partial charge in [-0.2, -0.15) is 0 Å². The molecule has 0 aliphatic heterocycles. The van der Waals surface area contributed by atoms with E-state index in [0.29, 0.717) is 18.1 Å². The van der Waals surface area contributed by atoms with E-state index in [2.05, 4.69) is 45.9 Å². The zero-order valence-electron chi connectivity index (χ0n) is 18.3. The number of rotatable bonds is 12. The SMILES string of the molecule is COc1cc(C=CC(=O)O)ccc1OC/C=C(\C)CCC=C(C)CCC=C(C)C. The van der Waals surface area contributed by atoms with Gasteiger partial charge in [0.2, 0.25) is 0 Å². The summed E-state index contributed by atoms with van der Waals surface area (Å²) in [7, 11) is 1.57. The molecule has 0 aromatic heterocycles. The molecule has 0 aliphatic carbocycles. The van der Waals surface area contributed by atoms with Crippen LogP contribution in [0.1, 0.15) is 58.9 Å². The van der Waals surface area contributed by atoms with Crippen LogP contribution in [0.5, 0.6) is 11.5 Å². The summed E-state index contributed by atoms with van der Waals surface area (Å²) < 4.78 is 11.2. The number of allylic oxidation sites excluding steroid dienone is 5. The lowest BCUT2D eigenvalue weighted by Crippen LogP contribution is -1.98. The van der Waals surface area contributed by atoms with Gasteiger partial charge < -0.3 is 14.6 Å². The number of ether oxygens (including phenoxy) is 2. The number of hydrogen-bond donors (Lipinski definition) is 1. The Kier molecular flexibility index (Phi) is 11.2. The molecule has 4 heteroatoms. The Morgan fingerprint density at radius 1 is 0.966 bits per heavy atom. The molecule has 0 atom stereocenters. The van der Waals surface area contributed by atoms with Crippen LogP contribution >= 0.6 is 0 Å². The Balaban J connectivity index is 2.51. The number of carboxylic acid groups (broad SMARTS) is 1. The molecule has 0 saturated carbocycles. The number of carboxylic acids is 1. The van der Waals surface area contributed by atoms with Crippen molar-refractivity contribution in [3.8, 4) is 11.5 Å². The van der Waals surface area contributed by atoms with Crippen LogP contribution in [-0.2, 0) is 4.79 Å². The molecular weight excluding hydrogens is 364 g/mol. The van der Waals surface area contributed by atoms with Gasteiger partial charge in [0.15, 0.2) is 11.5 Å². The Morgan fingerprint density at radius 3 is 2.24 bits per heavy atom. The van der Waals surface area contributed by atoms with Crippen molar-refractivity contribution in [2.45, 2.75) is 53.4 Å². The number of benzene rings is 1. The summed E-state index contributed by atoms with van der Waals surface area (Å²) in [6, 6.07) is 5.35. The topological polar surface area (TPSA) is 55.8 Å². The third kappa shape index (κ3) is 11.0. The molecule has 0 unspecified atom stereocenters. The molecule has 1 aromatic carbocycles. The molecule has 1 rings (SSSR count). The maximum absolute atomic E-state index is 10.6. The quantitative estimate of drug-likeness (QED) is 0.319. The Hall–Kier alpha value is -2.75. The van der Waals surface area contributed by atoms with Gasteiger partial charge in [-0.15, -0.1) is 0 Å². The van der Waals surface area contributed by atoms with Crippen molar-refractivity contribution in [1.29, 1.82) is 0 Å². The van der Waals surface area contributed by atoms with Crippen molar-refractivity contribution in [1.82, 2.24) is 0 Å². The molecule has 4 nitrogen and oxygen atoms in total. The van der Waals surface area contributed by atoms with Gasteiger partial charge in [-0.05, 0) is 83.2 Å². The number of methoxy groups -OCH3 is 1. The lowest BCUT2D eigenvalue weighted by molar-refractivity contribution is -0.131. The summed E-state index contributed by atoms with van der Waals surface area (Å²) in [4.78, 5) is 10.6. The van der Waals surface area contributed by atoms with Crippen molar-refractivity contribution in [2.75, 3.05) is 13.7 Å². The third-order valence-electron chi connectivity index (χ3n) is 4.40. The molecule has 0 fully saturated rings. The van der Waals surface area contributed by atoms with Crippen LogP contribution in [-0.4, -0.2) is 24.8 Å².